The first-order valence-electron chi connectivity index (χ1n) is 10.8. The third-order valence-electron chi connectivity index (χ3n) is 5.75. The first kappa shape index (κ1) is 25.1. The Kier molecular flexibility index (Phi) is 6.91. The van der Waals surface area contributed by atoms with Gasteiger partial charge in [-0.2, -0.15) is 5.10 Å². The molecule has 0 saturated carbocycles. The van der Waals surface area contributed by atoms with E-state index in [2.05, 4.69) is 20.4 Å². The molecule has 2 aromatic carbocycles. The molecule has 2 atom stereocenters. The molecule has 0 unspecified atom stereocenters. The van der Waals surface area contributed by atoms with Crippen LogP contribution in [0.15, 0.2) is 55.1 Å². The summed E-state index contributed by atoms with van der Waals surface area (Å²) in [5, 5.41) is 18.8. The van der Waals surface area contributed by atoms with Crippen LogP contribution >= 0.6 is 11.3 Å². The summed E-state index contributed by atoms with van der Waals surface area (Å²) in [6, 6.07) is 8.29. The number of benzene rings is 2. The highest BCUT2D eigenvalue weighted by atomic mass is 32.1. The van der Waals surface area contributed by atoms with Crippen LogP contribution in [0.25, 0.3) is 10.6 Å². The van der Waals surface area contributed by atoms with E-state index in [0.717, 1.165) is 23.5 Å². The molecular formula is C24H22F2N6O3S. The zero-order chi connectivity index (χ0) is 26.0. The van der Waals surface area contributed by atoms with Crippen molar-refractivity contribution in [1.82, 2.24) is 25.1 Å². The summed E-state index contributed by atoms with van der Waals surface area (Å²) < 4.78 is 29.6. The SMILES string of the molecule is Cc1nc(-c2ccc(C(N)=O)cc2)sc1C(=O)N[C@H](C)[C@](O)(Cn1cncn1)c1ccc(F)cc1F. The van der Waals surface area contributed by atoms with Crippen LogP contribution in [0.4, 0.5) is 8.78 Å². The van der Waals surface area contributed by atoms with Crippen LogP contribution in [0.3, 0.4) is 0 Å². The zero-order valence-electron chi connectivity index (χ0n) is 19.3. The molecule has 0 radical (unpaired) electrons. The predicted octanol–water partition coefficient (Wildman–Crippen LogP) is 2.79. The van der Waals surface area contributed by atoms with Crippen LogP contribution in [-0.4, -0.2) is 42.7 Å². The molecule has 0 saturated heterocycles. The molecule has 0 spiro atoms. The second-order valence-electron chi connectivity index (χ2n) is 8.21. The van der Waals surface area contributed by atoms with E-state index >= 15 is 0 Å². The van der Waals surface area contributed by atoms with E-state index in [1.54, 1.807) is 31.2 Å². The standard InChI is InChI=1S/C24H22F2N6O3S/c1-13-20(36-23(30-13)16-5-3-15(4-6-16)21(27)33)22(34)31-14(2)24(35,10-32-12-28-11-29-32)18-8-7-17(25)9-19(18)26/h3-9,11-12,14,35H,10H2,1-2H3,(H2,27,33)(H,31,34)/t14-,24-/m1/s1. The predicted molar refractivity (Wildman–Crippen MR) is 128 cm³/mol. The maximum Gasteiger partial charge on any atom is 0.263 e. The van der Waals surface area contributed by atoms with E-state index in [1.165, 1.54) is 24.3 Å². The number of nitrogens with two attached hydrogens (primary N) is 1. The van der Waals surface area contributed by atoms with Crippen molar-refractivity contribution in [3.8, 4) is 10.6 Å². The normalized spacial score (nSPS) is 13.7. The summed E-state index contributed by atoms with van der Waals surface area (Å²) >= 11 is 1.12. The van der Waals surface area contributed by atoms with E-state index in [-0.39, 0.29) is 12.1 Å². The highest BCUT2D eigenvalue weighted by molar-refractivity contribution is 7.17. The van der Waals surface area contributed by atoms with Gasteiger partial charge in [0.05, 0.1) is 18.3 Å². The summed E-state index contributed by atoms with van der Waals surface area (Å²) in [5.41, 5.74) is 4.57. The van der Waals surface area contributed by atoms with Gasteiger partial charge in [-0.25, -0.2) is 23.4 Å². The number of amides is 2. The van der Waals surface area contributed by atoms with Gasteiger partial charge in [0.2, 0.25) is 5.91 Å². The molecule has 0 aliphatic rings. The second-order valence-corrected chi connectivity index (χ2v) is 9.21. The lowest BCUT2D eigenvalue weighted by molar-refractivity contribution is -0.0185. The van der Waals surface area contributed by atoms with Gasteiger partial charge in [0.25, 0.3) is 5.91 Å². The molecule has 4 rings (SSSR count). The number of rotatable bonds is 8. The van der Waals surface area contributed by atoms with Crippen LogP contribution in [0.1, 0.15) is 38.2 Å². The molecule has 4 aromatic rings. The number of hydrogen-bond donors (Lipinski definition) is 3. The van der Waals surface area contributed by atoms with Crippen LogP contribution < -0.4 is 11.1 Å². The molecule has 4 N–H and O–H groups in total. The average molecular weight is 513 g/mol. The van der Waals surface area contributed by atoms with E-state index in [4.69, 9.17) is 5.73 Å². The summed E-state index contributed by atoms with van der Waals surface area (Å²) in [5.74, 6) is -2.85. The van der Waals surface area contributed by atoms with E-state index in [9.17, 15) is 23.5 Å². The number of hydrogen-bond acceptors (Lipinski definition) is 7. The number of halogens is 2. The molecule has 2 amide bonds. The molecule has 12 heteroatoms. The lowest BCUT2D eigenvalue weighted by Gasteiger charge is -2.35. The number of carbonyl (C=O) groups is 2. The van der Waals surface area contributed by atoms with Crippen molar-refractivity contribution in [3.63, 3.8) is 0 Å². The Labute approximate surface area is 208 Å². The number of primary amides is 1. The summed E-state index contributed by atoms with van der Waals surface area (Å²) in [6.07, 6.45) is 2.59. The molecule has 36 heavy (non-hydrogen) atoms. The van der Waals surface area contributed by atoms with E-state index in [0.29, 0.717) is 32.8 Å². The number of nitrogens with zero attached hydrogens (tertiary/aromatic N) is 4. The monoisotopic (exact) mass is 512 g/mol. The summed E-state index contributed by atoms with van der Waals surface area (Å²) in [6.45, 7) is 2.92. The minimum absolute atomic E-state index is 0.205. The second kappa shape index (κ2) is 9.91. The fraction of sp³-hybridized carbons (Fsp3) is 0.208. The van der Waals surface area contributed by atoms with E-state index in [1.807, 2.05) is 0 Å². The van der Waals surface area contributed by atoms with Gasteiger partial charge >= 0.3 is 0 Å². The van der Waals surface area contributed by atoms with Crippen molar-refractivity contribution < 1.29 is 23.5 Å². The Bertz CT molecular complexity index is 1410. The van der Waals surface area contributed by atoms with Crippen molar-refractivity contribution in [2.45, 2.75) is 32.0 Å². The van der Waals surface area contributed by atoms with Gasteiger partial charge < -0.3 is 16.2 Å². The minimum Gasteiger partial charge on any atom is -0.381 e. The zero-order valence-corrected chi connectivity index (χ0v) is 20.1. The molecule has 2 heterocycles. The molecule has 9 nitrogen and oxygen atoms in total. The number of aryl methyl sites for hydroxylation is 1. The molecule has 2 aromatic heterocycles. The minimum atomic E-state index is -1.99. The number of aromatic nitrogens is 4. The fourth-order valence-corrected chi connectivity index (χ4v) is 4.72. The Morgan fingerprint density at radius 1 is 1.22 bits per heavy atom. The Morgan fingerprint density at radius 3 is 2.56 bits per heavy atom. The molecule has 0 fully saturated rings. The van der Waals surface area contributed by atoms with Crippen molar-refractivity contribution in [2.24, 2.45) is 5.73 Å². The van der Waals surface area contributed by atoms with Crippen LogP contribution in [0.2, 0.25) is 0 Å². The van der Waals surface area contributed by atoms with Gasteiger partial charge in [-0.05, 0) is 32.0 Å². The lowest BCUT2D eigenvalue weighted by Crippen LogP contribution is -2.51. The number of carbonyl (C=O) groups excluding carboxylic acids is 2. The quantitative estimate of drug-likeness (QED) is 0.332. The summed E-state index contributed by atoms with van der Waals surface area (Å²) in [7, 11) is 0. The maximum atomic E-state index is 14.7. The van der Waals surface area contributed by atoms with Gasteiger partial charge in [0.15, 0.2) is 0 Å². The Morgan fingerprint density at radius 2 is 1.94 bits per heavy atom. The highest BCUT2D eigenvalue weighted by Crippen LogP contribution is 2.32. The topological polar surface area (TPSA) is 136 Å². The van der Waals surface area contributed by atoms with Crippen LogP contribution in [-0.2, 0) is 12.1 Å². The largest absolute Gasteiger partial charge is 0.381 e. The molecule has 0 bridgehead atoms. The van der Waals surface area contributed by atoms with Crippen molar-refractivity contribution in [1.29, 1.82) is 0 Å². The lowest BCUT2D eigenvalue weighted by atomic mass is 9.86. The van der Waals surface area contributed by atoms with Crippen molar-refractivity contribution >= 4 is 23.2 Å². The average Bonchev–Trinajstić information content (AvgIpc) is 3.48. The maximum absolute atomic E-state index is 14.7. The number of thiazole rings is 1. The Hall–Kier alpha value is -4.03. The molecule has 0 aliphatic carbocycles. The molecule has 186 valence electrons. The third kappa shape index (κ3) is 4.99. The van der Waals surface area contributed by atoms with Crippen molar-refractivity contribution in [2.75, 3.05) is 0 Å². The smallest absolute Gasteiger partial charge is 0.263 e. The summed E-state index contributed by atoms with van der Waals surface area (Å²) in [4.78, 5) is 33.1. The van der Waals surface area contributed by atoms with Gasteiger partial charge in [0.1, 0.15) is 39.8 Å². The van der Waals surface area contributed by atoms with Crippen LogP contribution in [0, 0.1) is 18.6 Å². The first-order valence-corrected chi connectivity index (χ1v) is 11.6. The van der Waals surface area contributed by atoms with Gasteiger partial charge in [-0.15, -0.1) is 11.3 Å². The van der Waals surface area contributed by atoms with Gasteiger partial charge in [-0.1, -0.05) is 18.2 Å². The number of aliphatic hydroxyl groups is 1. The third-order valence-corrected chi connectivity index (χ3v) is 6.96. The Balaban J connectivity index is 1.61. The van der Waals surface area contributed by atoms with Crippen molar-refractivity contribution in [3.05, 3.63) is 88.5 Å². The van der Waals surface area contributed by atoms with E-state index < -0.39 is 35.1 Å². The van der Waals surface area contributed by atoms with Crippen LogP contribution in [0.5, 0.6) is 0 Å². The number of nitrogens with one attached hydrogen (secondary N) is 1. The fourth-order valence-electron chi connectivity index (χ4n) is 3.75. The molecular weight excluding hydrogens is 490 g/mol. The van der Waals surface area contributed by atoms with Gasteiger partial charge in [-0.3, -0.25) is 9.59 Å². The van der Waals surface area contributed by atoms with Gasteiger partial charge in [0, 0.05) is 22.8 Å². The molecule has 0 aliphatic heterocycles. The first-order chi connectivity index (χ1) is 17.1. The highest BCUT2D eigenvalue weighted by Gasteiger charge is 2.40.